The van der Waals surface area contributed by atoms with Crippen molar-refractivity contribution in [1.82, 2.24) is 9.78 Å². The predicted molar refractivity (Wildman–Crippen MR) is 64.3 cm³/mol. The predicted octanol–water partition coefficient (Wildman–Crippen LogP) is 3.64. The maximum Gasteiger partial charge on any atom is 0.0659 e. The van der Waals surface area contributed by atoms with E-state index in [0.29, 0.717) is 12.2 Å². The van der Waals surface area contributed by atoms with Crippen molar-refractivity contribution < 1.29 is 0 Å². The number of benzene rings is 1. The maximum atomic E-state index is 8.27. The Hall–Kier alpha value is -1.78. The van der Waals surface area contributed by atoms with E-state index in [9.17, 15) is 0 Å². The van der Waals surface area contributed by atoms with Crippen molar-refractivity contribution in [2.24, 2.45) is 5.11 Å². The topological polar surface area (TPSA) is 66.6 Å². The number of hydrogen-bond donors (Lipinski definition) is 0. The number of azide groups is 1. The summed E-state index contributed by atoms with van der Waals surface area (Å²) < 4.78 is 2.78. The Labute approximate surface area is 100 Å². The molecule has 0 aliphatic rings. The molecule has 0 spiro atoms. The molecule has 0 bridgehead atoms. The molecule has 6 heteroatoms. The van der Waals surface area contributed by atoms with Gasteiger partial charge >= 0.3 is 0 Å². The lowest BCUT2D eigenvalue weighted by molar-refractivity contribution is 0.686. The molecule has 0 fully saturated rings. The summed E-state index contributed by atoms with van der Waals surface area (Å²) in [6.45, 7) is 0.697. The Balaban J connectivity index is 2.13. The second-order valence-electron chi connectivity index (χ2n) is 3.21. The van der Waals surface area contributed by atoms with Crippen LogP contribution in [0.25, 0.3) is 10.4 Å². The van der Waals surface area contributed by atoms with Gasteiger partial charge in [-0.05, 0) is 27.0 Å². The monoisotopic (exact) mass is 277 g/mol. The number of aromatic nitrogens is 2. The third-order valence-corrected chi connectivity index (χ3v) is 2.45. The van der Waals surface area contributed by atoms with Gasteiger partial charge in [-0.1, -0.05) is 29.4 Å². The average Bonchev–Trinajstić information content (AvgIpc) is 2.67. The van der Waals surface area contributed by atoms with Crippen LogP contribution in [0.15, 0.2) is 46.2 Å². The van der Waals surface area contributed by atoms with Gasteiger partial charge in [0.2, 0.25) is 0 Å². The molecule has 0 saturated heterocycles. The average molecular weight is 278 g/mol. The fourth-order valence-corrected chi connectivity index (χ4v) is 1.66. The zero-order chi connectivity index (χ0) is 11.4. The second-order valence-corrected chi connectivity index (χ2v) is 4.13. The van der Waals surface area contributed by atoms with Crippen LogP contribution < -0.4 is 0 Å². The summed E-state index contributed by atoms with van der Waals surface area (Å²) >= 11 is 3.34. The summed E-state index contributed by atoms with van der Waals surface area (Å²) in [6.07, 6.45) is 3.65. The van der Waals surface area contributed by atoms with Crippen molar-refractivity contribution >= 4 is 21.6 Å². The number of hydrogen-bond acceptors (Lipinski definition) is 2. The van der Waals surface area contributed by atoms with Crippen LogP contribution in [0, 0.1) is 0 Å². The smallest absolute Gasteiger partial charge is 0.0659 e. The maximum absolute atomic E-state index is 8.27. The molecule has 0 aliphatic carbocycles. The van der Waals surface area contributed by atoms with Gasteiger partial charge in [-0.15, -0.1) is 0 Å². The lowest BCUT2D eigenvalue weighted by Crippen LogP contribution is -1.99. The summed E-state index contributed by atoms with van der Waals surface area (Å²) in [5.41, 5.74) is 9.99. The highest BCUT2D eigenvalue weighted by atomic mass is 79.9. The first-order valence-electron chi connectivity index (χ1n) is 4.60. The molecule has 0 N–H and O–H groups in total. The molecule has 5 nitrogen and oxygen atoms in total. The van der Waals surface area contributed by atoms with Crippen molar-refractivity contribution in [2.75, 3.05) is 0 Å². The first-order chi connectivity index (χ1) is 7.78. The third-order valence-electron chi connectivity index (χ3n) is 2.04. The molecule has 16 heavy (non-hydrogen) atoms. The van der Waals surface area contributed by atoms with Gasteiger partial charge in [-0.3, -0.25) is 4.68 Å². The molecule has 0 aliphatic heterocycles. The third kappa shape index (κ3) is 2.62. The van der Waals surface area contributed by atoms with Crippen molar-refractivity contribution in [3.05, 3.63) is 57.1 Å². The van der Waals surface area contributed by atoms with Gasteiger partial charge in [0.05, 0.1) is 17.2 Å². The molecule has 0 atom stereocenters. The highest BCUT2D eigenvalue weighted by Crippen LogP contribution is 2.14. The van der Waals surface area contributed by atoms with Crippen molar-refractivity contribution in [1.29, 1.82) is 0 Å². The number of nitrogens with zero attached hydrogens (tertiary/aromatic N) is 5. The van der Waals surface area contributed by atoms with E-state index in [4.69, 9.17) is 5.53 Å². The van der Waals surface area contributed by atoms with Crippen molar-refractivity contribution in [3.8, 4) is 0 Å². The molecule has 0 amide bonds. The Bertz CT molecular complexity index is 524. The van der Waals surface area contributed by atoms with Gasteiger partial charge in [0.1, 0.15) is 0 Å². The van der Waals surface area contributed by atoms with E-state index in [-0.39, 0.29) is 0 Å². The first kappa shape index (κ1) is 10.7. The van der Waals surface area contributed by atoms with Gasteiger partial charge in [0.25, 0.3) is 0 Å². The van der Waals surface area contributed by atoms with Crippen LogP contribution >= 0.6 is 15.9 Å². The molecule has 2 aromatic rings. The van der Waals surface area contributed by atoms with Gasteiger partial charge < -0.3 is 0 Å². The van der Waals surface area contributed by atoms with Gasteiger partial charge in [-0.25, -0.2) is 0 Å². The summed E-state index contributed by atoms with van der Waals surface area (Å²) in [4.78, 5) is 2.72. The molecule has 0 radical (unpaired) electrons. The lowest BCUT2D eigenvalue weighted by atomic mass is 10.2. The molecule has 1 aromatic heterocycles. The molecule has 0 unspecified atom stereocenters. The minimum Gasteiger partial charge on any atom is -0.267 e. The number of halogens is 1. The van der Waals surface area contributed by atoms with E-state index >= 15 is 0 Å². The number of rotatable bonds is 3. The van der Waals surface area contributed by atoms with Gasteiger partial charge in [0, 0.05) is 16.8 Å². The van der Waals surface area contributed by atoms with E-state index in [2.05, 4.69) is 31.1 Å². The fourth-order valence-electron chi connectivity index (χ4n) is 1.33. The fraction of sp³-hybridized carbons (Fsp3) is 0.100. The van der Waals surface area contributed by atoms with E-state index in [1.807, 2.05) is 23.0 Å². The molecule has 0 saturated carbocycles. The summed E-state index contributed by atoms with van der Waals surface area (Å²) in [6, 6.07) is 7.40. The SMILES string of the molecule is [N-]=[N+]=Nc1ccc(Cn2cc(Br)cn2)cc1. The highest BCUT2D eigenvalue weighted by Gasteiger charge is 1.97. The molecule has 1 aromatic carbocycles. The normalized spacial score (nSPS) is 9.81. The molecule has 2 rings (SSSR count). The van der Waals surface area contributed by atoms with Gasteiger partial charge in [0.15, 0.2) is 0 Å². The van der Waals surface area contributed by atoms with E-state index in [0.717, 1.165) is 10.0 Å². The summed E-state index contributed by atoms with van der Waals surface area (Å²) in [5, 5.41) is 7.67. The van der Waals surface area contributed by atoms with Crippen LogP contribution in [-0.4, -0.2) is 9.78 Å². The zero-order valence-corrected chi connectivity index (χ0v) is 9.87. The largest absolute Gasteiger partial charge is 0.267 e. The minimum absolute atomic E-state index is 0.618. The highest BCUT2D eigenvalue weighted by molar-refractivity contribution is 9.10. The van der Waals surface area contributed by atoms with Crippen LogP contribution in [-0.2, 0) is 6.54 Å². The van der Waals surface area contributed by atoms with Crippen LogP contribution in [0.3, 0.4) is 0 Å². The zero-order valence-electron chi connectivity index (χ0n) is 8.29. The summed E-state index contributed by atoms with van der Waals surface area (Å²) in [7, 11) is 0. The quantitative estimate of drug-likeness (QED) is 0.480. The van der Waals surface area contributed by atoms with Crippen LogP contribution in [0.2, 0.25) is 0 Å². The van der Waals surface area contributed by atoms with Crippen LogP contribution in [0.4, 0.5) is 5.69 Å². The van der Waals surface area contributed by atoms with Crippen LogP contribution in [0.1, 0.15) is 5.56 Å². The van der Waals surface area contributed by atoms with E-state index in [1.54, 1.807) is 18.3 Å². The second kappa shape index (κ2) is 4.83. The molecule has 1 heterocycles. The standard InChI is InChI=1S/C10H8BrN5/c11-9-5-13-16(7-9)6-8-1-3-10(4-2-8)14-15-12/h1-5,7H,6H2. The van der Waals surface area contributed by atoms with Crippen molar-refractivity contribution in [3.63, 3.8) is 0 Å². The van der Waals surface area contributed by atoms with Crippen LogP contribution in [0.5, 0.6) is 0 Å². The molecule has 80 valence electrons. The molecular formula is C10H8BrN5. The summed E-state index contributed by atoms with van der Waals surface area (Å²) in [5.74, 6) is 0. The van der Waals surface area contributed by atoms with E-state index < -0.39 is 0 Å². The Morgan fingerprint density at radius 1 is 1.38 bits per heavy atom. The Morgan fingerprint density at radius 3 is 2.69 bits per heavy atom. The minimum atomic E-state index is 0.618. The van der Waals surface area contributed by atoms with Crippen molar-refractivity contribution in [2.45, 2.75) is 6.54 Å². The lowest BCUT2D eigenvalue weighted by Gasteiger charge is -2.01. The van der Waals surface area contributed by atoms with E-state index in [1.165, 1.54) is 0 Å². The Morgan fingerprint density at radius 2 is 2.12 bits per heavy atom. The Kier molecular flexibility index (Phi) is 3.24. The first-order valence-corrected chi connectivity index (χ1v) is 5.39. The molecular weight excluding hydrogens is 270 g/mol. The van der Waals surface area contributed by atoms with Gasteiger partial charge in [-0.2, -0.15) is 5.10 Å².